The van der Waals surface area contributed by atoms with Crippen molar-refractivity contribution in [3.8, 4) is 0 Å². The third-order valence-electron chi connectivity index (χ3n) is 2.20. The zero-order valence-corrected chi connectivity index (χ0v) is 6.76. The van der Waals surface area contributed by atoms with E-state index in [1.54, 1.807) is 0 Å². The number of H-pyrrole nitrogens is 2. The highest BCUT2D eigenvalue weighted by Crippen LogP contribution is 2.09. The van der Waals surface area contributed by atoms with Crippen molar-refractivity contribution in [2.24, 2.45) is 0 Å². The van der Waals surface area contributed by atoms with Crippen LogP contribution in [0.25, 0.3) is 0 Å². The third kappa shape index (κ3) is 1.25. The number of carboxylic acids is 1. The van der Waals surface area contributed by atoms with Crippen LogP contribution in [-0.4, -0.2) is 27.3 Å². The van der Waals surface area contributed by atoms with Crippen LogP contribution in [0.3, 0.4) is 0 Å². The minimum Gasteiger partial charge on any atom is -0.480 e. The Morgan fingerprint density at radius 3 is 2.92 bits per heavy atom. The summed E-state index contributed by atoms with van der Waals surface area (Å²) < 4.78 is 0. The van der Waals surface area contributed by atoms with E-state index in [1.807, 2.05) is 0 Å². The smallest absolute Gasteiger partial charge is 0.321 e. The monoisotopic (exact) mass is 183 g/mol. The molecule has 0 fully saturated rings. The Labute approximate surface area is 72.9 Å². The van der Waals surface area contributed by atoms with Gasteiger partial charge in [-0.05, 0) is 0 Å². The third-order valence-corrected chi connectivity index (χ3v) is 2.20. The molecule has 0 radical (unpaired) electrons. The fourth-order valence-corrected chi connectivity index (χ4v) is 1.46. The molecule has 2 heterocycles. The number of aromatic nitrogens is 2. The first kappa shape index (κ1) is 8.06. The van der Waals surface area contributed by atoms with E-state index in [4.69, 9.17) is 5.11 Å². The van der Waals surface area contributed by atoms with Gasteiger partial charge < -0.3 is 10.2 Å². The Kier molecular flexibility index (Phi) is 1.70. The van der Waals surface area contributed by atoms with Gasteiger partial charge in [-0.2, -0.15) is 0 Å². The zero-order valence-electron chi connectivity index (χ0n) is 6.76. The molecular formula is C7H9N3O3. The molecule has 13 heavy (non-hydrogen) atoms. The highest BCUT2D eigenvalue weighted by Gasteiger charge is 2.26. The summed E-state index contributed by atoms with van der Waals surface area (Å²) in [5.74, 6) is -0.925. The van der Waals surface area contributed by atoms with Crippen LogP contribution in [0.2, 0.25) is 0 Å². The lowest BCUT2D eigenvalue weighted by Crippen LogP contribution is -2.42. The van der Waals surface area contributed by atoms with E-state index < -0.39 is 12.0 Å². The van der Waals surface area contributed by atoms with Gasteiger partial charge in [0.1, 0.15) is 6.04 Å². The van der Waals surface area contributed by atoms with Crippen LogP contribution >= 0.6 is 0 Å². The summed E-state index contributed by atoms with van der Waals surface area (Å²) in [5, 5.41) is 16.6. The van der Waals surface area contributed by atoms with Gasteiger partial charge in [0, 0.05) is 18.5 Å². The maximum Gasteiger partial charge on any atom is 0.321 e. The van der Waals surface area contributed by atoms with E-state index in [0.717, 1.165) is 5.69 Å². The fraction of sp³-hybridized carbons (Fsp3) is 0.429. The Morgan fingerprint density at radius 1 is 1.46 bits per heavy atom. The molecule has 1 aromatic rings. The van der Waals surface area contributed by atoms with Crippen LogP contribution < -0.4 is 10.9 Å². The molecule has 0 aromatic carbocycles. The normalized spacial score (nSPS) is 21.1. The molecule has 1 atom stereocenters. The van der Waals surface area contributed by atoms with Crippen LogP contribution in [0.1, 0.15) is 11.3 Å². The van der Waals surface area contributed by atoms with Crippen molar-refractivity contribution in [2.75, 3.05) is 0 Å². The molecule has 4 N–H and O–H groups in total. The molecule has 0 amide bonds. The molecular weight excluding hydrogens is 174 g/mol. The zero-order chi connectivity index (χ0) is 9.42. The molecule has 1 aliphatic rings. The highest BCUT2D eigenvalue weighted by molar-refractivity contribution is 5.74. The number of fused-ring (bicyclic) bond motifs is 1. The van der Waals surface area contributed by atoms with Gasteiger partial charge in [-0.15, -0.1) is 0 Å². The lowest BCUT2D eigenvalue weighted by atomic mass is 10.0. The van der Waals surface area contributed by atoms with Gasteiger partial charge in [-0.1, -0.05) is 0 Å². The number of rotatable bonds is 1. The van der Waals surface area contributed by atoms with Crippen molar-refractivity contribution >= 4 is 5.97 Å². The van der Waals surface area contributed by atoms with Gasteiger partial charge >= 0.3 is 5.97 Å². The first-order valence-electron chi connectivity index (χ1n) is 3.93. The van der Waals surface area contributed by atoms with Gasteiger partial charge in [-0.25, -0.2) is 0 Å². The maximum atomic E-state index is 11.1. The molecule has 1 unspecified atom stereocenters. The van der Waals surface area contributed by atoms with Crippen LogP contribution in [0.15, 0.2) is 4.79 Å². The Balaban J connectivity index is 2.33. The summed E-state index contributed by atoms with van der Waals surface area (Å²) in [7, 11) is 0. The van der Waals surface area contributed by atoms with Gasteiger partial charge in [0.2, 0.25) is 0 Å². The van der Waals surface area contributed by atoms with Gasteiger partial charge in [0.15, 0.2) is 0 Å². The van der Waals surface area contributed by atoms with E-state index in [2.05, 4.69) is 15.5 Å². The lowest BCUT2D eigenvalue weighted by Gasteiger charge is -2.18. The van der Waals surface area contributed by atoms with E-state index in [-0.39, 0.29) is 12.0 Å². The molecule has 6 nitrogen and oxygen atoms in total. The van der Waals surface area contributed by atoms with Crippen LogP contribution in [0.5, 0.6) is 0 Å². The van der Waals surface area contributed by atoms with Crippen molar-refractivity contribution in [3.05, 3.63) is 21.6 Å². The number of aliphatic carboxylic acids is 1. The standard InChI is InChI=1S/C7H9N3O3/c11-6-3-1-4(7(12)13)8-2-5(3)9-10-6/h4,8H,1-2H2,(H,12,13)(H2,9,10,11). The molecule has 0 spiro atoms. The van der Waals surface area contributed by atoms with Crippen molar-refractivity contribution in [3.63, 3.8) is 0 Å². The number of carbonyl (C=O) groups is 1. The summed E-state index contributed by atoms with van der Waals surface area (Å²) in [6.45, 7) is 0.394. The van der Waals surface area contributed by atoms with Crippen molar-refractivity contribution in [1.29, 1.82) is 0 Å². The first-order chi connectivity index (χ1) is 6.18. The Morgan fingerprint density at radius 2 is 2.23 bits per heavy atom. The number of aromatic amines is 2. The maximum absolute atomic E-state index is 11.1. The van der Waals surface area contributed by atoms with Crippen LogP contribution in [0, 0.1) is 0 Å². The summed E-state index contributed by atoms with van der Waals surface area (Å²) in [6.07, 6.45) is 0.240. The summed E-state index contributed by atoms with van der Waals surface area (Å²) in [6, 6.07) is -0.649. The van der Waals surface area contributed by atoms with Crippen LogP contribution in [0.4, 0.5) is 0 Å². The number of hydrogen-bond acceptors (Lipinski definition) is 3. The summed E-state index contributed by atoms with van der Waals surface area (Å²) in [4.78, 5) is 21.7. The molecule has 0 saturated carbocycles. The topological polar surface area (TPSA) is 98.0 Å². The minimum atomic E-state index is -0.925. The van der Waals surface area contributed by atoms with E-state index in [1.165, 1.54) is 0 Å². The van der Waals surface area contributed by atoms with Crippen molar-refractivity contribution in [2.45, 2.75) is 19.0 Å². The summed E-state index contributed by atoms with van der Waals surface area (Å²) in [5.41, 5.74) is 1.08. The quantitative estimate of drug-likeness (QED) is 0.439. The van der Waals surface area contributed by atoms with Gasteiger partial charge in [0.25, 0.3) is 5.56 Å². The molecule has 1 aromatic heterocycles. The van der Waals surface area contributed by atoms with E-state index >= 15 is 0 Å². The molecule has 1 aliphatic heterocycles. The van der Waals surface area contributed by atoms with Crippen molar-refractivity contribution in [1.82, 2.24) is 15.5 Å². The van der Waals surface area contributed by atoms with Crippen LogP contribution in [-0.2, 0) is 17.8 Å². The van der Waals surface area contributed by atoms with E-state index in [9.17, 15) is 9.59 Å². The predicted octanol–water partition coefficient (Wildman–Crippen LogP) is -1.20. The minimum absolute atomic E-state index is 0.220. The second kappa shape index (κ2) is 2.74. The number of carboxylic acid groups (broad SMARTS) is 1. The molecule has 70 valence electrons. The molecule has 0 saturated heterocycles. The SMILES string of the molecule is O=C(O)C1Cc2c([nH][nH]c2=O)CN1. The number of nitrogens with one attached hydrogen (secondary N) is 3. The predicted molar refractivity (Wildman–Crippen MR) is 43.4 cm³/mol. The molecule has 0 bridgehead atoms. The molecule has 2 rings (SSSR count). The number of hydrogen-bond donors (Lipinski definition) is 4. The first-order valence-corrected chi connectivity index (χ1v) is 3.93. The summed E-state index contributed by atoms with van der Waals surface area (Å²) >= 11 is 0. The average Bonchev–Trinajstić information content (AvgIpc) is 2.47. The van der Waals surface area contributed by atoms with Gasteiger partial charge in [0.05, 0.1) is 5.69 Å². The molecule has 6 heteroatoms. The highest BCUT2D eigenvalue weighted by atomic mass is 16.4. The Bertz CT molecular complexity index is 392. The second-order valence-corrected chi connectivity index (χ2v) is 3.01. The van der Waals surface area contributed by atoms with Crippen molar-refractivity contribution < 1.29 is 9.90 Å². The molecule has 0 aliphatic carbocycles. The average molecular weight is 183 g/mol. The Hall–Kier alpha value is -1.56. The lowest BCUT2D eigenvalue weighted by molar-refractivity contribution is -0.139. The largest absolute Gasteiger partial charge is 0.480 e. The fourth-order valence-electron chi connectivity index (χ4n) is 1.46. The van der Waals surface area contributed by atoms with E-state index in [0.29, 0.717) is 12.1 Å². The van der Waals surface area contributed by atoms with Gasteiger partial charge in [-0.3, -0.25) is 20.0 Å². The second-order valence-electron chi connectivity index (χ2n) is 3.01.